The summed E-state index contributed by atoms with van der Waals surface area (Å²) in [6, 6.07) is 8.43. The molecule has 22 heavy (non-hydrogen) atoms. The molecule has 1 aromatic carbocycles. The van der Waals surface area contributed by atoms with E-state index in [1.54, 1.807) is 18.9 Å². The highest BCUT2D eigenvalue weighted by Gasteiger charge is 2.25. The molecule has 1 aliphatic heterocycles. The summed E-state index contributed by atoms with van der Waals surface area (Å²) >= 11 is 1.74. The molecule has 1 amide bonds. The van der Waals surface area contributed by atoms with Crippen molar-refractivity contribution in [2.45, 2.75) is 25.8 Å². The van der Waals surface area contributed by atoms with E-state index in [1.165, 1.54) is 0 Å². The van der Waals surface area contributed by atoms with Crippen LogP contribution in [0, 0.1) is 5.92 Å². The Kier molecular flexibility index (Phi) is 6.43. The van der Waals surface area contributed by atoms with Crippen LogP contribution in [0.4, 0.5) is 5.69 Å². The van der Waals surface area contributed by atoms with Crippen LogP contribution in [0.25, 0.3) is 0 Å². The van der Waals surface area contributed by atoms with Crippen LogP contribution < -0.4 is 10.1 Å². The number of nitrogens with one attached hydrogen (secondary N) is 1. The van der Waals surface area contributed by atoms with Crippen molar-refractivity contribution in [2.75, 3.05) is 37.5 Å². The second-order valence-electron chi connectivity index (χ2n) is 5.83. The zero-order valence-electron chi connectivity index (χ0n) is 13.7. The van der Waals surface area contributed by atoms with Crippen LogP contribution in [0.5, 0.6) is 5.75 Å². The Hall–Kier alpha value is -1.36. The lowest BCUT2D eigenvalue weighted by Gasteiger charge is -2.34. The van der Waals surface area contributed by atoms with Gasteiger partial charge in [-0.1, -0.05) is 13.0 Å². The lowest BCUT2D eigenvalue weighted by Crippen LogP contribution is -2.44. The van der Waals surface area contributed by atoms with Gasteiger partial charge in [-0.05, 0) is 31.2 Å². The molecule has 1 N–H and O–H groups in total. The predicted molar refractivity (Wildman–Crippen MR) is 93.8 cm³/mol. The van der Waals surface area contributed by atoms with Gasteiger partial charge in [0.15, 0.2) is 0 Å². The summed E-state index contributed by atoms with van der Waals surface area (Å²) in [7, 11) is 1.68. The van der Waals surface area contributed by atoms with Crippen LogP contribution in [0.15, 0.2) is 24.3 Å². The first-order chi connectivity index (χ1) is 10.6. The van der Waals surface area contributed by atoms with Crippen molar-refractivity contribution >= 4 is 23.4 Å². The molecule has 1 aliphatic rings. The number of ether oxygens (including phenoxy) is 1. The number of likely N-dealkylation sites (tertiary alicyclic amines) is 1. The first kappa shape index (κ1) is 17.0. The number of carbonyl (C=O) groups excluding carboxylic acids is 1. The standard InChI is InChI=1S/C17H26N2O2S/c1-13(12-22-3)17(20)19-9-7-14(8-10-19)18-15-5-4-6-16(11-15)21-2/h4-6,11,13-14,18H,7-10,12H2,1-3H3. The molecule has 0 saturated carbocycles. The topological polar surface area (TPSA) is 41.6 Å². The summed E-state index contributed by atoms with van der Waals surface area (Å²) in [5.41, 5.74) is 1.08. The Morgan fingerprint density at radius 1 is 1.45 bits per heavy atom. The number of methoxy groups -OCH3 is 1. The third kappa shape index (κ3) is 4.57. The van der Waals surface area contributed by atoms with Gasteiger partial charge in [0.1, 0.15) is 5.75 Å². The predicted octanol–water partition coefficient (Wildman–Crippen LogP) is 3.10. The Morgan fingerprint density at radius 3 is 2.82 bits per heavy atom. The molecule has 4 nitrogen and oxygen atoms in total. The zero-order valence-corrected chi connectivity index (χ0v) is 14.5. The van der Waals surface area contributed by atoms with Gasteiger partial charge in [-0.25, -0.2) is 0 Å². The molecule has 0 spiro atoms. The maximum Gasteiger partial charge on any atom is 0.226 e. The van der Waals surface area contributed by atoms with Gasteiger partial charge >= 0.3 is 0 Å². The molecule has 0 aliphatic carbocycles. The second kappa shape index (κ2) is 8.32. The van der Waals surface area contributed by atoms with Gasteiger partial charge < -0.3 is 15.0 Å². The summed E-state index contributed by atoms with van der Waals surface area (Å²) in [5, 5.41) is 3.55. The average Bonchev–Trinajstić information content (AvgIpc) is 2.55. The monoisotopic (exact) mass is 322 g/mol. The van der Waals surface area contributed by atoms with Crippen molar-refractivity contribution in [3.63, 3.8) is 0 Å². The number of hydrogen-bond donors (Lipinski definition) is 1. The fraction of sp³-hybridized carbons (Fsp3) is 0.588. The van der Waals surface area contributed by atoms with E-state index < -0.39 is 0 Å². The van der Waals surface area contributed by atoms with E-state index in [4.69, 9.17) is 4.74 Å². The SMILES string of the molecule is COc1cccc(NC2CCN(C(=O)C(C)CSC)CC2)c1. The maximum absolute atomic E-state index is 12.3. The van der Waals surface area contributed by atoms with E-state index in [0.717, 1.165) is 43.1 Å². The molecule has 2 rings (SSSR count). The fourth-order valence-electron chi connectivity index (χ4n) is 2.83. The summed E-state index contributed by atoms with van der Waals surface area (Å²) in [6.45, 7) is 3.72. The highest BCUT2D eigenvalue weighted by Crippen LogP contribution is 2.21. The van der Waals surface area contributed by atoms with Crippen molar-refractivity contribution in [3.8, 4) is 5.75 Å². The minimum Gasteiger partial charge on any atom is -0.497 e. The van der Waals surface area contributed by atoms with Crippen LogP contribution in [0.1, 0.15) is 19.8 Å². The second-order valence-corrected chi connectivity index (χ2v) is 6.74. The Balaban J connectivity index is 1.83. The average molecular weight is 322 g/mol. The molecular formula is C17H26N2O2S. The number of anilines is 1. The third-order valence-electron chi connectivity index (χ3n) is 4.09. The molecular weight excluding hydrogens is 296 g/mol. The number of benzene rings is 1. The minimum atomic E-state index is 0.123. The van der Waals surface area contributed by atoms with Crippen LogP contribution >= 0.6 is 11.8 Å². The highest BCUT2D eigenvalue weighted by molar-refractivity contribution is 7.98. The molecule has 122 valence electrons. The van der Waals surface area contributed by atoms with Crippen LogP contribution in [-0.4, -0.2) is 49.1 Å². The van der Waals surface area contributed by atoms with Gasteiger partial charge in [-0.15, -0.1) is 0 Å². The van der Waals surface area contributed by atoms with E-state index >= 15 is 0 Å². The summed E-state index contributed by atoms with van der Waals surface area (Å²) < 4.78 is 5.25. The minimum absolute atomic E-state index is 0.123. The lowest BCUT2D eigenvalue weighted by molar-refractivity contribution is -0.135. The molecule has 0 bridgehead atoms. The lowest BCUT2D eigenvalue weighted by atomic mass is 10.0. The van der Waals surface area contributed by atoms with Crippen molar-refractivity contribution in [1.82, 2.24) is 4.90 Å². The van der Waals surface area contributed by atoms with Gasteiger partial charge in [-0.2, -0.15) is 11.8 Å². The fourth-order valence-corrected chi connectivity index (χ4v) is 3.47. The number of carbonyl (C=O) groups is 1. The number of hydrogen-bond acceptors (Lipinski definition) is 4. The number of nitrogens with zero attached hydrogens (tertiary/aromatic N) is 1. The van der Waals surface area contributed by atoms with E-state index in [1.807, 2.05) is 36.3 Å². The van der Waals surface area contributed by atoms with Gasteiger partial charge in [-0.3, -0.25) is 4.79 Å². The first-order valence-corrected chi connectivity index (χ1v) is 9.21. The highest BCUT2D eigenvalue weighted by atomic mass is 32.2. The Morgan fingerprint density at radius 2 is 2.18 bits per heavy atom. The quantitative estimate of drug-likeness (QED) is 0.874. The number of rotatable bonds is 6. The van der Waals surface area contributed by atoms with Crippen molar-refractivity contribution in [3.05, 3.63) is 24.3 Å². The van der Waals surface area contributed by atoms with Crippen LogP contribution in [-0.2, 0) is 4.79 Å². The molecule has 0 radical (unpaired) electrons. The number of thioether (sulfide) groups is 1. The molecule has 5 heteroatoms. The maximum atomic E-state index is 12.3. The molecule has 0 aromatic heterocycles. The smallest absolute Gasteiger partial charge is 0.226 e. The van der Waals surface area contributed by atoms with E-state index in [2.05, 4.69) is 11.4 Å². The number of piperidine rings is 1. The number of amides is 1. The molecule has 1 fully saturated rings. The van der Waals surface area contributed by atoms with Crippen molar-refractivity contribution in [1.29, 1.82) is 0 Å². The molecule has 1 aromatic rings. The normalized spacial score (nSPS) is 17.1. The Bertz CT molecular complexity index is 487. The van der Waals surface area contributed by atoms with Crippen molar-refractivity contribution in [2.24, 2.45) is 5.92 Å². The first-order valence-electron chi connectivity index (χ1n) is 7.82. The molecule has 1 saturated heterocycles. The van der Waals surface area contributed by atoms with Crippen LogP contribution in [0.3, 0.4) is 0 Å². The van der Waals surface area contributed by atoms with E-state index in [9.17, 15) is 4.79 Å². The largest absolute Gasteiger partial charge is 0.497 e. The van der Waals surface area contributed by atoms with E-state index in [0.29, 0.717) is 11.9 Å². The summed E-state index contributed by atoms with van der Waals surface area (Å²) in [4.78, 5) is 14.3. The summed E-state index contributed by atoms with van der Waals surface area (Å²) in [6.07, 6.45) is 4.04. The Labute approximate surface area is 137 Å². The van der Waals surface area contributed by atoms with Crippen LogP contribution in [0.2, 0.25) is 0 Å². The van der Waals surface area contributed by atoms with E-state index in [-0.39, 0.29) is 5.92 Å². The van der Waals surface area contributed by atoms with Crippen molar-refractivity contribution < 1.29 is 9.53 Å². The van der Waals surface area contributed by atoms with Gasteiger partial charge in [0.05, 0.1) is 7.11 Å². The third-order valence-corrected chi connectivity index (χ3v) is 4.92. The molecule has 1 atom stereocenters. The molecule has 1 unspecified atom stereocenters. The summed E-state index contributed by atoms with van der Waals surface area (Å²) in [5.74, 6) is 2.19. The van der Waals surface area contributed by atoms with Gasteiger partial charge in [0.2, 0.25) is 5.91 Å². The van der Waals surface area contributed by atoms with Gasteiger partial charge in [0, 0.05) is 42.6 Å². The zero-order chi connectivity index (χ0) is 15.9. The van der Waals surface area contributed by atoms with Gasteiger partial charge in [0.25, 0.3) is 0 Å². The molecule has 1 heterocycles.